The first-order valence-electron chi connectivity index (χ1n) is 4.01. The molecule has 0 aliphatic rings. The zero-order chi connectivity index (χ0) is 10.8. The molecule has 0 radical (unpaired) electrons. The molecule has 0 fully saturated rings. The Balaban J connectivity index is 2.53. The summed E-state index contributed by atoms with van der Waals surface area (Å²) in [4.78, 5) is 0. The fourth-order valence-corrected chi connectivity index (χ4v) is 1.12. The Hall–Kier alpha value is -2.00. The van der Waals surface area contributed by atoms with Crippen molar-refractivity contribution in [3.63, 3.8) is 0 Å². The standard InChI is InChI=1S/C6H8N6O3/c7-5-6(10-15-9-5)12-4(2-14)3(1-13)8-11-12/h13-14H,1-2H2,(H2,7,9). The Labute approximate surface area is 83.1 Å². The van der Waals surface area contributed by atoms with Crippen LogP contribution in [0.5, 0.6) is 0 Å². The van der Waals surface area contributed by atoms with Crippen molar-refractivity contribution in [2.75, 3.05) is 5.73 Å². The highest BCUT2D eigenvalue weighted by atomic mass is 16.6. The van der Waals surface area contributed by atoms with Gasteiger partial charge in [-0.1, -0.05) is 5.21 Å². The van der Waals surface area contributed by atoms with Crippen LogP contribution < -0.4 is 5.73 Å². The number of nitrogens with zero attached hydrogens (tertiary/aromatic N) is 5. The third kappa shape index (κ3) is 1.43. The highest BCUT2D eigenvalue weighted by molar-refractivity contribution is 5.44. The molecule has 2 rings (SSSR count). The number of anilines is 1. The van der Waals surface area contributed by atoms with Gasteiger partial charge in [-0.2, -0.15) is 4.68 Å². The van der Waals surface area contributed by atoms with Gasteiger partial charge in [-0.3, -0.25) is 0 Å². The van der Waals surface area contributed by atoms with Gasteiger partial charge in [-0.05, 0) is 10.3 Å². The number of hydrogen-bond acceptors (Lipinski definition) is 8. The van der Waals surface area contributed by atoms with Crippen LogP contribution in [0, 0.1) is 0 Å². The van der Waals surface area contributed by atoms with Crippen LogP contribution in [-0.4, -0.2) is 35.5 Å². The summed E-state index contributed by atoms with van der Waals surface area (Å²) in [5.41, 5.74) is 5.99. The molecule has 15 heavy (non-hydrogen) atoms. The number of aliphatic hydroxyl groups excluding tert-OH is 2. The molecule has 0 bridgehead atoms. The summed E-state index contributed by atoms with van der Waals surface area (Å²) < 4.78 is 5.55. The van der Waals surface area contributed by atoms with E-state index in [1.165, 1.54) is 0 Å². The first kappa shape index (κ1) is 9.55. The van der Waals surface area contributed by atoms with Crippen molar-refractivity contribution in [2.24, 2.45) is 0 Å². The molecule has 0 saturated heterocycles. The van der Waals surface area contributed by atoms with Gasteiger partial charge in [0.15, 0.2) is 0 Å². The quantitative estimate of drug-likeness (QED) is 0.543. The lowest BCUT2D eigenvalue weighted by atomic mass is 10.3. The fraction of sp³-hybridized carbons (Fsp3) is 0.333. The van der Waals surface area contributed by atoms with Gasteiger partial charge in [-0.15, -0.1) is 5.10 Å². The van der Waals surface area contributed by atoms with E-state index in [0.29, 0.717) is 5.69 Å². The highest BCUT2D eigenvalue weighted by Gasteiger charge is 2.17. The molecular formula is C6H8N6O3. The summed E-state index contributed by atoms with van der Waals surface area (Å²) in [6.07, 6.45) is 0. The molecular weight excluding hydrogens is 204 g/mol. The Bertz CT molecular complexity index is 463. The minimum Gasteiger partial charge on any atom is -0.390 e. The summed E-state index contributed by atoms with van der Waals surface area (Å²) in [5.74, 6) is 0.158. The van der Waals surface area contributed by atoms with Crippen LogP contribution in [-0.2, 0) is 13.2 Å². The van der Waals surface area contributed by atoms with E-state index in [9.17, 15) is 0 Å². The number of hydrogen-bond donors (Lipinski definition) is 3. The fourth-order valence-electron chi connectivity index (χ4n) is 1.12. The van der Waals surface area contributed by atoms with Crippen LogP contribution >= 0.6 is 0 Å². The third-order valence-electron chi connectivity index (χ3n) is 1.84. The van der Waals surface area contributed by atoms with E-state index in [0.717, 1.165) is 4.68 Å². The van der Waals surface area contributed by atoms with Gasteiger partial charge in [0, 0.05) is 0 Å². The number of aromatic nitrogens is 5. The Morgan fingerprint density at radius 2 is 2.07 bits per heavy atom. The molecule has 0 saturated carbocycles. The average molecular weight is 212 g/mol. The Kier molecular flexibility index (Phi) is 2.31. The second kappa shape index (κ2) is 3.63. The summed E-state index contributed by atoms with van der Waals surface area (Å²) in [5, 5.41) is 32.2. The summed E-state index contributed by atoms with van der Waals surface area (Å²) in [7, 11) is 0. The molecule has 2 aromatic rings. The maximum Gasteiger partial charge on any atom is 0.243 e. The van der Waals surface area contributed by atoms with E-state index in [-0.39, 0.29) is 30.5 Å². The van der Waals surface area contributed by atoms with Crippen LogP contribution in [0.15, 0.2) is 4.63 Å². The molecule has 0 unspecified atom stereocenters. The summed E-state index contributed by atoms with van der Waals surface area (Å²) in [6.45, 7) is -0.684. The van der Waals surface area contributed by atoms with Gasteiger partial charge < -0.3 is 15.9 Å². The Morgan fingerprint density at radius 3 is 2.60 bits per heavy atom. The summed E-state index contributed by atoms with van der Waals surface area (Å²) >= 11 is 0. The van der Waals surface area contributed by atoms with Crippen molar-refractivity contribution in [3.05, 3.63) is 11.4 Å². The highest BCUT2D eigenvalue weighted by Crippen LogP contribution is 2.15. The van der Waals surface area contributed by atoms with E-state index in [1.54, 1.807) is 0 Å². The Morgan fingerprint density at radius 1 is 1.27 bits per heavy atom. The summed E-state index contributed by atoms with van der Waals surface area (Å²) in [6, 6.07) is 0. The minimum absolute atomic E-state index is 0.0269. The van der Waals surface area contributed by atoms with Crippen molar-refractivity contribution in [2.45, 2.75) is 13.2 Å². The van der Waals surface area contributed by atoms with Crippen LogP contribution in [0.4, 0.5) is 5.82 Å². The largest absolute Gasteiger partial charge is 0.390 e. The molecule has 80 valence electrons. The molecule has 0 aromatic carbocycles. The zero-order valence-corrected chi connectivity index (χ0v) is 7.53. The molecule has 0 spiro atoms. The van der Waals surface area contributed by atoms with Crippen molar-refractivity contribution >= 4 is 5.82 Å². The van der Waals surface area contributed by atoms with Gasteiger partial charge in [-0.25, -0.2) is 4.63 Å². The second-order valence-electron chi connectivity index (χ2n) is 2.68. The van der Waals surface area contributed by atoms with E-state index in [2.05, 4.69) is 25.3 Å². The molecule has 0 atom stereocenters. The maximum absolute atomic E-state index is 9.08. The first-order chi connectivity index (χ1) is 7.27. The molecule has 2 heterocycles. The van der Waals surface area contributed by atoms with Gasteiger partial charge >= 0.3 is 0 Å². The third-order valence-corrected chi connectivity index (χ3v) is 1.84. The van der Waals surface area contributed by atoms with E-state index in [4.69, 9.17) is 15.9 Å². The van der Waals surface area contributed by atoms with Gasteiger partial charge in [0.1, 0.15) is 5.69 Å². The van der Waals surface area contributed by atoms with E-state index in [1.807, 2.05) is 0 Å². The molecule has 0 aliphatic carbocycles. The molecule has 2 aromatic heterocycles. The second-order valence-corrected chi connectivity index (χ2v) is 2.68. The van der Waals surface area contributed by atoms with Crippen LogP contribution in [0.25, 0.3) is 5.82 Å². The van der Waals surface area contributed by atoms with Crippen molar-refractivity contribution in [1.29, 1.82) is 0 Å². The van der Waals surface area contributed by atoms with Gasteiger partial charge in [0.25, 0.3) is 0 Å². The zero-order valence-electron chi connectivity index (χ0n) is 7.53. The minimum atomic E-state index is -0.352. The monoisotopic (exact) mass is 212 g/mol. The average Bonchev–Trinajstić information content (AvgIpc) is 2.82. The van der Waals surface area contributed by atoms with Crippen molar-refractivity contribution < 1.29 is 14.8 Å². The predicted molar refractivity (Wildman–Crippen MR) is 45.5 cm³/mol. The van der Waals surface area contributed by atoms with Gasteiger partial charge in [0.2, 0.25) is 11.6 Å². The lowest BCUT2D eigenvalue weighted by molar-refractivity contribution is 0.252. The maximum atomic E-state index is 9.08. The lowest BCUT2D eigenvalue weighted by Gasteiger charge is -1.99. The van der Waals surface area contributed by atoms with Crippen molar-refractivity contribution in [3.8, 4) is 5.82 Å². The number of nitrogen functional groups attached to an aromatic ring is 1. The van der Waals surface area contributed by atoms with E-state index < -0.39 is 0 Å². The van der Waals surface area contributed by atoms with Crippen molar-refractivity contribution in [1.82, 2.24) is 25.3 Å². The molecule has 9 heteroatoms. The van der Waals surface area contributed by atoms with E-state index >= 15 is 0 Å². The molecule has 4 N–H and O–H groups in total. The van der Waals surface area contributed by atoms with Gasteiger partial charge in [0.05, 0.1) is 18.9 Å². The lowest BCUT2D eigenvalue weighted by Crippen LogP contribution is -2.06. The first-order valence-corrected chi connectivity index (χ1v) is 4.01. The van der Waals surface area contributed by atoms with Crippen LogP contribution in [0.2, 0.25) is 0 Å². The molecule has 9 nitrogen and oxygen atoms in total. The number of rotatable bonds is 3. The molecule has 0 aliphatic heterocycles. The van der Waals surface area contributed by atoms with Crippen LogP contribution in [0.1, 0.15) is 11.4 Å². The SMILES string of the molecule is Nc1nonc1-n1nnc(CO)c1CO. The topological polar surface area (TPSA) is 136 Å². The molecule has 0 amide bonds. The number of aliphatic hydroxyl groups is 2. The predicted octanol–water partition coefficient (Wildman–Crippen LogP) is -1.78. The smallest absolute Gasteiger partial charge is 0.243 e. The van der Waals surface area contributed by atoms with Crippen LogP contribution in [0.3, 0.4) is 0 Å². The normalized spacial score (nSPS) is 10.8. The number of nitrogens with two attached hydrogens (primary N) is 1.